The maximum absolute atomic E-state index is 12.6. The van der Waals surface area contributed by atoms with E-state index < -0.39 is 21.8 Å². The largest absolute Gasteiger partial charge is 0.416 e. The first-order valence-electron chi connectivity index (χ1n) is 6.11. The molecule has 0 aromatic heterocycles. The summed E-state index contributed by atoms with van der Waals surface area (Å²) in [4.78, 5) is -0.114. The Morgan fingerprint density at radius 3 is 2.55 bits per heavy atom. The molecule has 0 bridgehead atoms. The van der Waals surface area contributed by atoms with Crippen molar-refractivity contribution in [2.45, 2.75) is 30.5 Å². The van der Waals surface area contributed by atoms with E-state index in [4.69, 9.17) is 0 Å². The molecule has 0 radical (unpaired) electrons. The van der Waals surface area contributed by atoms with E-state index in [0.29, 0.717) is 13.0 Å². The normalized spacial score (nSPS) is 20.3. The lowest BCUT2D eigenvalue weighted by atomic mass is 10.1. The third-order valence-electron chi connectivity index (χ3n) is 3.17. The molecular formula is C12H15F3N2O2S. The Bertz CT molecular complexity index is 593. The van der Waals surface area contributed by atoms with E-state index in [-0.39, 0.29) is 16.5 Å². The Hall–Kier alpha value is -1.12. The SMILES string of the molecule is Cc1cc(C(F)(F)F)ccc1S(=O)(=O)NC1CCNC1. The highest BCUT2D eigenvalue weighted by molar-refractivity contribution is 7.89. The average molecular weight is 308 g/mol. The molecule has 112 valence electrons. The number of hydrogen-bond donors (Lipinski definition) is 2. The minimum Gasteiger partial charge on any atom is -0.315 e. The lowest BCUT2D eigenvalue weighted by Gasteiger charge is -2.15. The highest BCUT2D eigenvalue weighted by Crippen LogP contribution is 2.31. The molecule has 2 N–H and O–H groups in total. The fourth-order valence-electron chi connectivity index (χ4n) is 2.17. The fourth-order valence-corrected chi connectivity index (χ4v) is 3.66. The fraction of sp³-hybridized carbons (Fsp3) is 0.500. The minimum atomic E-state index is -4.48. The van der Waals surface area contributed by atoms with Crippen molar-refractivity contribution in [2.24, 2.45) is 0 Å². The Balaban J connectivity index is 2.28. The molecule has 1 unspecified atom stereocenters. The molecule has 1 heterocycles. The third-order valence-corrected chi connectivity index (χ3v) is 4.85. The summed E-state index contributed by atoms with van der Waals surface area (Å²) in [6.07, 6.45) is -3.81. The van der Waals surface area contributed by atoms with Gasteiger partial charge in [-0.3, -0.25) is 0 Å². The van der Waals surface area contributed by atoms with Gasteiger partial charge in [0.15, 0.2) is 0 Å². The van der Waals surface area contributed by atoms with Crippen molar-refractivity contribution >= 4 is 10.0 Å². The van der Waals surface area contributed by atoms with Crippen molar-refractivity contribution in [1.82, 2.24) is 10.0 Å². The van der Waals surface area contributed by atoms with Crippen LogP contribution in [0.4, 0.5) is 13.2 Å². The van der Waals surface area contributed by atoms with Crippen molar-refractivity contribution in [2.75, 3.05) is 13.1 Å². The van der Waals surface area contributed by atoms with Crippen LogP contribution in [0.15, 0.2) is 23.1 Å². The van der Waals surface area contributed by atoms with Gasteiger partial charge in [0.1, 0.15) is 0 Å². The zero-order chi connectivity index (χ0) is 15.0. The minimum absolute atomic E-state index is 0.0817. The summed E-state index contributed by atoms with van der Waals surface area (Å²) >= 11 is 0. The quantitative estimate of drug-likeness (QED) is 0.893. The second-order valence-electron chi connectivity index (χ2n) is 4.79. The predicted molar refractivity (Wildman–Crippen MR) is 67.8 cm³/mol. The van der Waals surface area contributed by atoms with Gasteiger partial charge in [0.2, 0.25) is 10.0 Å². The number of hydrogen-bond acceptors (Lipinski definition) is 3. The van der Waals surface area contributed by atoms with E-state index in [1.54, 1.807) is 0 Å². The second kappa shape index (κ2) is 5.34. The van der Waals surface area contributed by atoms with E-state index in [0.717, 1.165) is 24.7 Å². The van der Waals surface area contributed by atoms with Gasteiger partial charge in [0.05, 0.1) is 10.5 Å². The van der Waals surface area contributed by atoms with E-state index >= 15 is 0 Å². The first kappa shape index (κ1) is 15.3. The molecule has 0 spiro atoms. The van der Waals surface area contributed by atoms with Gasteiger partial charge in [-0.25, -0.2) is 13.1 Å². The van der Waals surface area contributed by atoms with Crippen LogP contribution in [0.25, 0.3) is 0 Å². The summed E-state index contributed by atoms with van der Waals surface area (Å²) in [5, 5.41) is 3.01. The van der Waals surface area contributed by atoms with Crippen molar-refractivity contribution in [1.29, 1.82) is 0 Å². The zero-order valence-corrected chi connectivity index (χ0v) is 11.6. The van der Waals surface area contributed by atoms with Gasteiger partial charge >= 0.3 is 6.18 Å². The summed E-state index contributed by atoms with van der Waals surface area (Å²) in [6, 6.07) is 2.42. The molecule has 1 aliphatic heterocycles. The molecule has 2 rings (SSSR count). The summed E-state index contributed by atoms with van der Waals surface area (Å²) < 4.78 is 64.4. The number of benzene rings is 1. The number of rotatable bonds is 3. The highest BCUT2D eigenvalue weighted by Gasteiger charge is 2.32. The zero-order valence-electron chi connectivity index (χ0n) is 10.8. The van der Waals surface area contributed by atoms with Gasteiger partial charge in [0, 0.05) is 12.6 Å². The van der Waals surface area contributed by atoms with Crippen LogP contribution >= 0.6 is 0 Å². The summed E-state index contributed by atoms with van der Waals surface area (Å²) in [7, 11) is -3.79. The smallest absolute Gasteiger partial charge is 0.315 e. The Labute approximate surface area is 115 Å². The number of alkyl halides is 3. The molecule has 0 saturated carbocycles. The van der Waals surface area contributed by atoms with E-state index in [2.05, 4.69) is 10.0 Å². The monoisotopic (exact) mass is 308 g/mol. The van der Waals surface area contributed by atoms with Gasteiger partial charge < -0.3 is 5.32 Å². The van der Waals surface area contributed by atoms with Gasteiger partial charge in [-0.2, -0.15) is 13.2 Å². The first-order chi connectivity index (χ1) is 9.20. The Kier molecular flexibility index (Phi) is 4.08. The maximum Gasteiger partial charge on any atom is 0.416 e. The topological polar surface area (TPSA) is 58.2 Å². The number of sulfonamides is 1. The summed E-state index contributed by atoms with van der Waals surface area (Å²) in [5.41, 5.74) is -0.769. The molecular weight excluding hydrogens is 293 g/mol. The lowest BCUT2D eigenvalue weighted by Crippen LogP contribution is -2.36. The van der Waals surface area contributed by atoms with Crippen LogP contribution in [-0.4, -0.2) is 27.5 Å². The van der Waals surface area contributed by atoms with Gasteiger partial charge in [0.25, 0.3) is 0 Å². The first-order valence-corrected chi connectivity index (χ1v) is 7.59. The van der Waals surface area contributed by atoms with Crippen molar-refractivity contribution in [3.63, 3.8) is 0 Å². The molecule has 1 aliphatic rings. The predicted octanol–water partition coefficient (Wildman–Crippen LogP) is 1.65. The Morgan fingerprint density at radius 2 is 2.05 bits per heavy atom. The molecule has 0 aliphatic carbocycles. The van der Waals surface area contributed by atoms with Crippen LogP contribution in [-0.2, 0) is 16.2 Å². The van der Waals surface area contributed by atoms with Crippen molar-refractivity contribution < 1.29 is 21.6 Å². The van der Waals surface area contributed by atoms with Crippen molar-refractivity contribution in [3.8, 4) is 0 Å². The summed E-state index contributed by atoms with van der Waals surface area (Å²) in [5.74, 6) is 0. The molecule has 1 atom stereocenters. The lowest BCUT2D eigenvalue weighted by molar-refractivity contribution is -0.137. The van der Waals surface area contributed by atoms with Crippen LogP contribution in [0.1, 0.15) is 17.5 Å². The van der Waals surface area contributed by atoms with E-state index in [1.165, 1.54) is 6.92 Å². The Morgan fingerprint density at radius 1 is 1.35 bits per heavy atom. The molecule has 4 nitrogen and oxygen atoms in total. The summed E-state index contributed by atoms with van der Waals surface area (Å²) in [6.45, 7) is 2.61. The molecule has 1 saturated heterocycles. The van der Waals surface area contributed by atoms with Crippen LogP contribution in [0.3, 0.4) is 0 Å². The third kappa shape index (κ3) is 3.31. The van der Waals surface area contributed by atoms with Gasteiger partial charge in [-0.05, 0) is 43.7 Å². The number of nitrogens with one attached hydrogen (secondary N) is 2. The van der Waals surface area contributed by atoms with Gasteiger partial charge in [-0.1, -0.05) is 0 Å². The molecule has 1 aromatic rings. The highest BCUT2D eigenvalue weighted by atomic mass is 32.2. The molecule has 1 aromatic carbocycles. The number of aryl methyl sites for hydroxylation is 1. The van der Waals surface area contributed by atoms with E-state index in [9.17, 15) is 21.6 Å². The number of halogens is 3. The standard InChI is InChI=1S/C12H15F3N2O2S/c1-8-6-9(12(13,14)15)2-3-11(8)20(18,19)17-10-4-5-16-7-10/h2-3,6,10,16-17H,4-5,7H2,1H3. The molecule has 1 fully saturated rings. The van der Waals surface area contributed by atoms with Gasteiger partial charge in [-0.15, -0.1) is 0 Å². The van der Waals surface area contributed by atoms with Crippen LogP contribution in [0.2, 0.25) is 0 Å². The van der Waals surface area contributed by atoms with Crippen LogP contribution in [0.5, 0.6) is 0 Å². The second-order valence-corrected chi connectivity index (χ2v) is 6.47. The maximum atomic E-state index is 12.6. The molecule has 8 heteroatoms. The average Bonchev–Trinajstić information content (AvgIpc) is 2.79. The van der Waals surface area contributed by atoms with E-state index in [1.807, 2.05) is 0 Å². The molecule has 0 amide bonds. The molecule has 20 heavy (non-hydrogen) atoms. The van der Waals surface area contributed by atoms with Crippen molar-refractivity contribution in [3.05, 3.63) is 29.3 Å². The van der Waals surface area contributed by atoms with Crippen LogP contribution < -0.4 is 10.0 Å². The van der Waals surface area contributed by atoms with Crippen LogP contribution in [0, 0.1) is 6.92 Å².